The molecule has 0 bridgehead atoms. The first-order valence-electron chi connectivity index (χ1n) is 8.09. The summed E-state index contributed by atoms with van der Waals surface area (Å²) >= 11 is 0. The third kappa shape index (κ3) is 2.84. The fraction of sp³-hybridized carbons (Fsp3) is 0.143. The lowest BCUT2D eigenvalue weighted by Gasteiger charge is -2.30. The highest BCUT2D eigenvalue weighted by Gasteiger charge is 2.48. The Labute approximate surface area is 144 Å². The van der Waals surface area contributed by atoms with Crippen LogP contribution in [-0.4, -0.2) is 12.9 Å². The molecule has 0 amide bonds. The molecule has 0 aliphatic rings. The van der Waals surface area contributed by atoms with Crippen molar-refractivity contribution in [1.82, 2.24) is 0 Å². The predicted molar refractivity (Wildman–Crippen MR) is 105 cm³/mol. The van der Waals surface area contributed by atoms with Crippen LogP contribution in [0.15, 0.2) is 84.9 Å². The molecule has 0 aromatic heterocycles. The number of rotatable bonds is 5. The van der Waals surface area contributed by atoms with Crippen LogP contribution in [0.2, 0.25) is 0 Å². The Morgan fingerprint density at radius 3 is 1.50 bits per heavy atom. The summed E-state index contributed by atoms with van der Waals surface area (Å²) in [5, 5.41) is 3.88. The molecule has 3 aromatic carbocycles. The second kappa shape index (κ2) is 7.17. The third-order valence-electron chi connectivity index (χ3n) is 4.42. The summed E-state index contributed by atoms with van der Waals surface area (Å²) in [6, 6.07) is 29.7. The van der Waals surface area contributed by atoms with Crippen molar-refractivity contribution in [3.05, 3.63) is 84.9 Å². The van der Waals surface area contributed by atoms with Crippen LogP contribution in [0.4, 0.5) is 0 Å². The standard InChI is InChI=1S/C21H23NOP/c1-17(22)24(19-9-5-3-6-10-19,20-11-7-4-8-12-20)21-15-13-18(23-2)14-16-21/h3-17H,22H2,1-2H3/q+1/t17-/m1/s1. The van der Waals surface area contributed by atoms with Gasteiger partial charge in [0.1, 0.15) is 34.7 Å². The first-order chi connectivity index (χ1) is 11.7. The maximum Gasteiger partial charge on any atom is 0.129 e. The number of ether oxygens (including phenoxy) is 1. The molecule has 2 nitrogen and oxygen atoms in total. The summed E-state index contributed by atoms with van der Waals surface area (Å²) in [6.07, 6.45) is 0. The van der Waals surface area contributed by atoms with Crippen molar-refractivity contribution in [2.24, 2.45) is 5.73 Å². The zero-order valence-electron chi connectivity index (χ0n) is 14.1. The average Bonchev–Trinajstić information content (AvgIpc) is 2.64. The Balaban J connectivity index is 2.30. The van der Waals surface area contributed by atoms with E-state index < -0.39 is 7.26 Å². The van der Waals surface area contributed by atoms with Gasteiger partial charge in [-0.25, -0.2) is 0 Å². The summed E-state index contributed by atoms with van der Waals surface area (Å²) in [5.41, 5.74) is 6.66. The van der Waals surface area contributed by atoms with Gasteiger partial charge in [-0.3, -0.25) is 5.73 Å². The van der Waals surface area contributed by atoms with Gasteiger partial charge in [-0.05, 0) is 55.5 Å². The molecule has 122 valence electrons. The lowest BCUT2D eigenvalue weighted by atomic mass is 10.3. The van der Waals surface area contributed by atoms with Crippen molar-refractivity contribution in [3.63, 3.8) is 0 Å². The van der Waals surface area contributed by atoms with Gasteiger partial charge in [-0.2, -0.15) is 0 Å². The Morgan fingerprint density at radius 2 is 1.12 bits per heavy atom. The van der Waals surface area contributed by atoms with E-state index in [1.165, 1.54) is 15.9 Å². The maximum absolute atomic E-state index is 6.66. The van der Waals surface area contributed by atoms with Gasteiger partial charge < -0.3 is 4.74 Å². The number of methoxy groups -OCH3 is 1. The Kier molecular flexibility index (Phi) is 4.99. The minimum absolute atomic E-state index is 0.00990. The Morgan fingerprint density at radius 1 is 0.708 bits per heavy atom. The van der Waals surface area contributed by atoms with E-state index in [-0.39, 0.29) is 5.78 Å². The number of hydrogen-bond acceptors (Lipinski definition) is 2. The maximum atomic E-state index is 6.66. The molecule has 3 heteroatoms. The first kappa shape index (κ1) is 16.7. The van der Waals surface area contributed by atoms with Gasteiger partial charge in [0.15, 0.2) is 0 Å². The van der Waals surface area contributed by atoms with E-state index in [1.807, 2.05) is 12.1 Å². The molecule has 0 spiro atoms. The lowest BCUT2D eigenvalue weighted by Crippen LogP contribution is -2.41. The van der Waals surface area contributed by atoms with Crippen molar-refractivity contribution in [2.75, 3.05) is 7.11 Å². The number of hydrogen-bond donors (Lipinski definition) is 1. The molecular formula is C21H23NOP+. The molecule has 0 heterocycles. The molecule has 0 aliphatic carbocycles. The van der Waals surface area contributed by atoms with Crippen LogP contribution >= 0.6 is 7.26 Å². The molecule has 1 atom stereocenters. The zero-order chi connectivity index (χ0) is 17.0. The van der Waals surface area contributed by atoms with Crippen molar-refractivity contribution in [1.29, 1.82) is 0 Å². The Hall–Kier alpha value is -2.15. The second-order valence-corrected chi connectivity index (χ2v) is 9.64. The summed E-state index contributed by atoms with van der Waals surface area (Å²) in [6.45, 7) is 2.12. The predicted octanol–water partition coefficient (Wildman–Crippen LogP) is 3.29. The minimum Gasteiger partial charge on any atom is -0.497 e. The van der Waals surface area contributed by atoms with Crippen LogP contribution in [0.5, 0.6) is 5.75 Å². The van der Waals surface area contributed by atoms with Gasteiger partial charge in [-0.1, -0.05) is 36.4 Å². The van der Waals surface area contributed by atoms with Crippen LogP contribution in [0.1, 0.15) is 6.92 Å². The summed E-state index contributed by atoms with van der Waals surface area (Å²) in [7, 11) is -0.241. The lowest BCUT2D eigenvalue weighted by molar-refractivity contribution is 0.415. The molecule has 3 aromatic rings. The summed E-state index contributed by atoms with van der Waals surface area (Å²) in [4.78, 5) is 0. The fourth-order valence-corrected chi connectivity index (χ4v) is 7.51. The van der Waals surface area contributed by atoms with Crippen LogP contribution in [0.25, 0.3) is 0 Å². The van der Waals surface area contributed by atoms with Crippen molar-refractivity contribution in [2.45, 2.75) is 12.7 Å². The highest BCUT2D eigenvalue weighted by Crippen LogP contribution is 2.57. The van der Waals surface area contributed by atoms with E-state index in [0.29, 0.717) is 0 Å². The molecule has 0 saturated carbocycles. The molecular weight excluding hydrogens is 313 g/mol. The SMILES string of the molecule is COc1ccc([P+](c2ccccc2)(c2ccccc2)[C@H](C)N)cc1. The summed E-state index contributed by atoms with van der Waals surface area (Å²) < 4.78 is 5.33. The van der Waals surface area contributed by atoms with Gasteiger partial charge >= 0.3 is 0 Å². The molecule has 0 radical (unpaired) electrons. The molecule has 0 aliphatic heterocycles. The molecule has 2 N–H and O–H groups in total. The fourth-order valence-electron chi connectivity index (χ4n) is 3.30. The molecule has 0 unspecified atom stereocenters. The van der Waals surface area contributed by atoms with E-state index in [2.05, 4.69) is 79.7 Å². The van der Waals surface area contributed by atoms with Gasteiger partial charge in [0.05, 0.1) is 7.11 Å². The van der Waals surface area contributed by atoms with Crippen molar-refractivity contribution in [3.8, 4) is 5.75 Å². The zero-order valence-corrected chi connectivity index (χ0v) is 15.0. The van der Waals surface area contributed by atoms with Crippen molar-refractivity contribution >= 4 is 23.2 Å². The van der Waals surface area contributed by atoms with Gasteiger partial charge in [0, 0.05) is 0 Å². The highest BCUT2D eigenvalue weighted by atomic mass is 31.2. The van der Waals surface area contributed by atoms with Gasteiger partial charge in [0.25, 0.3) is 0 Å². The van der Waals surface area contributed by atoms with E-state index in [1.54, 1.807) is 7.11 Å². The van der Waals surface area contributed by atoms with Crippen molar-refractivity contribution < 1.29 is 4.74 Å². The van der Waals surface area contributed by atoms with E-state index in [9.17, 15) is 0 Å². The van der Waals surface area contributed by atoms with Crippen LogP contribution in [0.3, 0.4) is 0 Å². The molecule has 24 heavy (non-hydrogen) atoms. The van der Waals surface area contributed by atoms with Crippen LogP contribution in [0, 0.1) is 0 Å². The monoisotopic (exact) mass is 336 g/mol. The number of benzene rings is 3. The smallest absolute Gasteiger partial charge is 0.129 e. The molecule has 3 rings (SSSR count). The van der Waals surface area contributed by atoms with Crippen LogP contribution in [-0.2, 0) is 0 Å². The third-order valence-corrected chi connectivity index (χ3v) is 8.98. The first-order valence-corrected chi connectivity index (χ1v) is 9.95. The highest BCUT2D eigenvalue weighted by molar-refractivity contribution is 7.96. The van der Waals surface area contributed by atoms with E-state index in [0.717, 1.165) is 5.75 Å². The Bertz CT molecular complexity index is 730. The summed E-state index contributed by atoms with van der Waals surface area (Å²) in [5.74, 6) is 0.873. The molecule has 0 saturated heterocycles. The average molecular weight is 336 g/mol. The topological polar surface area (TPSA) is 35.2 Å². The normalized spacial score (nSPS) is 12.6. The van der Waals surface area contributed by atoms with Gasteiger partial charge in [-0.15, -0.1) is 0 Å². The van der Waals surface area contributed by atoms with E-state index in [4.69, 9.17) is 10.5 Å². The van der Waals surface area contributed by atoms with Crippen LogP contribution < -0.4 is 26.4 Å². The minimum atomic E-state index is -1.93. The van der Waals surface area contributed by atoms with E-state index >= 15 is 0 Å². The van der Waals surface area contributed by atoms with Gasteiger partial charge in [0.2, 0.25) is 0 Å². The number of nitrogens with two attached hydrogens (primary N) is 1. The quantitative estimate of drug-likeness (QED) is 0.726. The largest absolute Gasteiger partial charge is 0.497 e. The molecule has 0 fully saturated rings. The second-order valence-electron chi connectivity index (χ2n) is 5.83.